The Morgan fingerprint density at radius 3 is 2.30 bits per heavy atom. The number of hydrazine groups is 1. The molecule has 1 aliphatic rings. The van der Waals surface area contributed by atoms with Gasteiger partial charge in [-0.05, 0) is 67.8 Å². The molecule has 1 fully saturated rings. The van der Waals surface area contributed by atoms with Crippen LogP contribution in [0.4, 0.5) is 0 Å². The van der Waals surface area contributed by atoms with E-state index in [9.17, 15) is 19.5 Å². The smallest absolute Gasteiger partial charge is 0.326 e. The zero-order valence-electron chi connectivity index (χ0n) is 21.3. The first-order valence-electron chi connectivity index (χ1n) is 12.5. The third-order valence-corrected chi connectivity index (χ3v) is 6.70. The lowest BCUT2D eigenvalue weighted by Crippen LogP contribution is -2.47. The maximum atomic E-state index is 12.9. The minimum atomic E-state index is -0.966. The van der Waals surface area contributed by atoms with Crippen LogP contribution in [0.15, 0.2) is 73.1 Å². The molecule has 4 aromatic rings. The number of halogens is 1. The van der Waals surface area contributed by atoms with Gasteiger partial charge in [-0.25, -0.2) is 15.6 Å². The van der Waals surface area contributed by atoms with Gasteiger partial charge in [0.1, 0.15) is 6.04 Å². The Morgan fingerprint density at radius 1 is 0.975 bits per heavy atom. The van der Waals surface area contributed by atoms with Crippen molar-refractivity contribution in [2.45, 2.75) is 25.3 Å². The Labute approximate surface area is 236 Å². The number of aromatic nitrogens is 2. The number of aliphatic carboxylic acids is 1. The summed E-state index contributed by atoms with van der Waals surface area (Å²) in [5.74, 6) is 9.90. The molecule has 1 atom stereocenters. The number of rotatable bonds is 4. The van der Waals surface area contributed by atoms with E-state index in [1.807, 2.05) is 24.3 Å². The Bertz CT molecular complexity index is 1630. The predicted octanol–water partition coefficient (Wildman–Crippen LogP) is 3.80. The fourth-order valence-electron chi connectivity index (χ4n) is 4.64. The number of fused-ring (bicyclic) bond motifs is 1. The molecule has 0 aliphatic carbocycles. The molecule has 202 valence electrons. The first kappa shape index (κ1) is 28.2. The van der Waals surface area contributed by atoms with E-state index in [4.69, 9.17) is 5.84 Å². The predicted molar refractivity (Wildman–Crippen MR) is 153 cm³/mol. The fraction of sp³-hybridized carbons (Fsp3) is 0.167. The highest BCUT2D eigenvalue weighted by molar-refractivity contribution is 6.06. The van der Waals surface area contributed by atoms with Gasteiger partial charge >= 0.3 is 5.97 Å². The number of carboxylic acid groups (broad SMARTS) is 1. The normalized spacial score (nSPS) is 14.4. The molecule has 1 unspecified atom stereocenters. The van der Waals surface area contributed by atoms with Crippen molar-refractivity contribution in [1.82, 2.24) is 20.3 Å². The van der Waals surface area contributed by atoms with E-state index in [0.717, 1.165) is 29.5 Å². The summed E-state index contributed by atoms with van der Waals surface area (Å²) in [7, 11) is 0. The Hall–Kier alpha value is -4.78. The summed E-state index contributed by atoms with van der Waals surface area (Å²) >= 11 is 0. The first-order chi connectivity index (χ1) is 18.9. The Morgan fingerprint density at radius 2 is 1.65 bits per heavy atom. The molecule has 0 spiro atoms. The van der Waals surface area contributed by atoms with E-state index in [1.165, 1.54) is 4.90 Å². The van der Waals surface area contributed by atoms with Gasteiger partial charge < -0.3 is 10.0 Å². The lowest BCUT2D eigenvalue weighted by molar-refractivity contribution is -0.143. The topological polar surface area (TPSA) is 139 Å². The van der Waals surface area contributed by atoms with Crippen molar-refractivity contribution >= 4 is 41.1 Å². The van der Waals surface area contributed by atoms with Gasteiger partial charge in [0.05, 0.1) is 16.8 Å². The quantitative estimate of drug-likeness (QED) is 0.151. The van der Waals surface area contributed by atoms with E-state index in [-0.39, 0.29) is 18.3 Å². The standard InChI is InChI=1S/C30H25N5O4.ClH/c31-34-28(36)23-17-26(33-25-14-15-32-18-24(23)25)21-10-6-19(7-11-21)4-5-20-8-12-22(13-9-20)29(37)35-16-2-1-3-27(35)30(38)39;/h6-15,17-18,27H,1-3,16,31H2,(H,34,36)(H,38,39);1H. The molecular formula is C30H26ClN5O4. The average molecular weight is 556 g/mol. The Balaban J connectivity index is 0.00000370. The van der Waals surface area contributed by atoms with Crippen molar-refractivity contribution in [3.8, 4) is 23.1 Å². The van der Waals surface area contributed by atoms with Crippen LogP contribution in [0, 0.1) is 11.8 Å². The lowest BCUT2D eigenvalue weighted by Gasteiger charge is -2.33. The number of nitrogens with one attached hydrogen (secondary N) is 1. The Kier molecular flexibility index (Phi) is 8.74. The number of carbonyl (C=O) groups is 3. The number of carboxylic acids is 1. The second-order valence-corrected chi connectivity index (χ2v) is 9.17. The number of benzene rings is 2. The molecule has 2 aromatic carbocycles. The summed E-state index contributed by atoms with van der Waals surface area (Å²) in [5.41, 5.74) is 6.56. The molecule has 1 saturated heterocycles. The average Bonchev–Trinajstić information content (AvgIpc) is 2.99. The zero-order chi connectivity index (χ0) is 27.4. The van der Waals surface area contributed by atoms with Crippen molar-refractivity contribution in [3.05, 3.63) is 95.3 Å². The van der Waals surface area contributed by atoms with Crippen molar-refractivity contribution < 1.29 is 19.5 Å². The molecule has 0 saturated carbocycles. The van der Waals surface area contributed by atoms with E-state index in [0.29, 0.717) is 40.7 Å². The van der Waals surface area contributed by atoms with Crippen molar-refractivity contribution in [2.75, 3.05) is 6.54 Å². The van der Waals surface area contributed by atoms with Crippen LogP contribution >= 0.6 is 12.4 Å². The SMILES string of the molecule is Cl.NNC(=O)c1cc(-c2ccc(C#Cc3ccc(C(=O)N4CCCCC4C(=O)O)cc3)cc2)nc2ccncc12. The van der Waals surface area contributed by atoms with Crippen LogP contribution in [0.5, 0.6) is 0 Å². The summed E-state index contributed by atoms with van der Waals surface area (Å²) < 4.78 is 0. The van der Waals surface area contributed by atoms with Gasteiger partial charge in [-0.3, -0.25) is 20.0 Å². The van der Waals surface area contributed by atoms with Crippen molar-refractivity contribution in [3.63, 3.8) is 0 Å². The van der Waals surface area contributed by atoms with E-state index in [2.05, 4.69) is 27.2 Å². The second-order valence-electron chi connectivity index (χ2n) is 9.17. The molecule has 9 nitrogen and oxygen atoms in total. The summed E-state index contributed by atoms with van der Waals surface area (Å²) in [6, 6.07) is 17.0. The molecule has 0 bridgehead atoms. The van der Waals surface area contributed by atoms with Crippen molar-refractivity contribution in [1.29, 1.82) is 0 Å². The van der Waals surface area contributed by atoms with Crippen LogP contribution in [0.3, 0.4) is 0 Å². The number of pyridine rings is 2. The van der Waals surface area contributed by atoms with E-state index in [1.54, 1.807) is 48.8 Å². The number of likely N-dealkylation sites (tertiary alicyclic amines) is 1. The molecule has 0 radical (unpaired) electrons. The summed E-state index contributed by atoms with van der Waals surface area (Å²) in [6.45, 7) is 0.445. The number of nitrogens with zero attached hydrogens (tertiary/aromatic N) is 3. The van der Waals surface area contributed by atoms with Gasteiger partial charge in [0.2, 0.25) is 0 Å². The van der Waals surface area contributed by atoms with Crippen LogP contribution < -0.4 is 11.3 Å². The van der Waals surface area contributed by atoms with Crippen LogP contribution in [0.25, 0.3) is 22.2 Å². The minimum absolute atomic E-state index is 0. The molecule has 4 N–H and O–H groups in total. The summed E-state index contributed by atoms with van der Waals surface area (Å²) in [5, 5.41) is 10.1. The third-order valence-electron chi connectivity index (χ3n) is 6.70. The minimum Gasteiger partial charge on any atom is -0.480 e. The van der Waals surface area contributed by atoms with Gasteiger partial charge in [0, 0.05) is 46.6 Å². The number of hydrogen-bond acceptors (Lipinski definition) is 6. The number of hydrogen-bond donors (Lipinski definition) is 3. The van der Waals surface area contributed by atoms with Gasteiger partial charge in [0.25, 0.3) is 11.8 Å². The molecule has 40 heavy (non-hydrogen) atoms. The third kappa shape index (κ3) is 5.94. The largest absolute Gasteiger partial charge is 0.480 e. The maximum absolute atomic E-state index is 12.9. The van der Waals surface area contributed by atoms with Gasteiger partial charge in [-0.1, -0.05) is 24.0 Å². The summed E-state index contributed by atoms with van der Waals surface area (Å²) in [4.78, 5) is 46.9. The zero-order valence-corrected chi connectivity index (χ0v) is 22.1. The molecule has 3 heterocycles. The van der Waals surface area contributed by atoms with Crippen molar-refractivity contribution in [2.24, 2.45) is 5.84 Å². The molecule has 1 aliphatic heterocycles. The molecular weight excluding hydrogens is 530 g/mol. The fourth-order valence-corrected chi connectivity index (χ4v) is 4.64. The first-order valence-corrected chi connectivity index (χ1v) is 12.5. The number of amides is 2. The molecule has 10 heteroatoms. The van der Waals surface area contributed by atoms with Gasteiger partial charge in [-0.15, -0.1) is 12.4 Å². The maximum Gasteiger partial charge on any atom is 0.326 e. The van der Waals surface area contributed by atoms with Crippen LogP contribution in [0.1, 0.15) is 51.1 Å². The highest BCUT2D eigenvalue weighted by Gasteiger charge is 2.32. The molecule has 5 rings (SSSR count). The van der Waals surface area contributed by atoms with Gasteiger partial charge in [-0.2, -0.15) is 0 Å². The van der Waals surface area contributed by atoms with Crippen LogP contribution in [0.2, 0.25) is 0 Å². The highest BCUT2D eigenvalue weighted by Crippen LogP contribution is 2.25. The van der Waals surface area contributed by atoms with Crippen LogP contribution in [-0.2, 0) is 4.79 Å². The van der Waals surface area contributed by atoms with Gasteiger partial charge in [0.15, 0.2) is 0 Å². The number of carbonyl (C=O) groups excluding carboxylic acids is 2. The van der Waals surface area contributed by atoms with E-state index < -0.39 is 17.9 Å². The molecule has 2 amide bonds. The second kappa shape index (κ2) is 12.4. The number of piperidine rings is 1. The number of nitrogens with two attached hydrogens (primary N) is 1. The number of nitrogen functional groups attached to an aromatic ring is 1. The summed E-state index contributed by atoms with van der Waals surface area (Å²) in [6.07, 6.45) is 5.28. The van der Waals surface area contributed by atoms with E-state index >= 15 is 0 Å². The lowest BCUT2D eigenvalue weighted by atomic mass is 10.0. The van der Waals surface area contributed by atoms with Crippen LogP contribution in [-0.4, -0.2) is 50.3 Å². The monoisotopic (exact) mass is 555 g/mol. The molecule has 2 aromatic heterocycles. The highest BCUT2D eigenvalue weighted by atomic mass is 35.5.